The summed E-state index contributed by atoms with van der Waals surface area (Å²) >= 11 is 0. The van der Waals surface area contributed by atoms with E-state index in [-0.39, 0.29) is 0 Å². The molecule has 13 rings (SSSR count). The van der Waals surface area contributed by atoms with Crippen molar-refractivity contribution in [1.29, 1.82) is 0 Å². The summed E-state index contributed by atoms with van der Waals surface area (Å²) in [6.45, 7) is 0. The molecule has 0 atom stereocenters. The van der Waals surface area contributed by atoms with E-state index in [1.165, 1.54) is 76.2 Å². The van der Waals surface area contributed by atoms with Gasteiger partial charge in [0.1, 0.15) is 11.5 Å². The number of hydrogen-bond donors (Lipinski definition) is 0. The Bertz CT molecular complexity index is 3660. The van der Waals surface area contributed by atoms with Gasteiger partial charge in [0.2, 0.25) is 0 Å². The molecule has 1 aliphatic rings. The molecule has 0 saturated carbocycles. The molecule has 10 aromatic carbocycles. The molecule has 57 heavy (non-hydrogen) atoms. The van der Waals surface area contributed by atoms with Crippen LogP contribution in [0.4, 0.5) is 0 Å². The van der Waals surface area contributed by atoms with E-state index in [1.807, 2.05) is 0 Å². The summed E-state index contributed by atoms with van der Waals surface area (Å²) in [5.41, 5.74) is 11.6. The Morgan fingerprint density at radius 3 is 1.86 bits per heavy atom. The maximum Gasteiger partial charge on any atom is 0.138 e. The monoisotopic (exact) mass is 724 g/mol. The average Bonchev–Trinajstić information content (AvgIpc) is 3.77. The first-order chi connectivity index (χ1) is 28.2. The van der Waals surface area contributed by atoms with Crippen molar-refractivity contribution in [3.05, 3.63) is 194 Å². The van der Waals surface area contributed by atoms with Gasteiger partial charge >= 0.3 is 0 Å². The molecule has 0 bridgehead atoms. The molecule has 2 aromatic heterocycles. The molecule has 0 saturated heterocycles. The van der Waals surface area contributed by atoms with Gasteiger partial charge in [0.05, 0.1) is 22.1 Å². The number of hydrogen-bond acceptors (Lipinski definition) is 1. The van der Waals surface area contributed by atoms with Crippen molar-refractivity contribution in [2.45, 2.75) is 0 Å². The van der Waals surface area contributed by atoms with Crippen molar-refractivity contribution in [3.8, 4) is 45.1 Å². The fourth-order valence-corrected chi connectivity index (χ4v) is 9.67. The summed E-state index contributed by atoms with van der Waals surface area (Å²) in [5, 5.41) is 12.3. The van der Waals surface area contributed by atoms with Gasteiger partial charge in [0.15, 0.2) is 0 Å². The molecule has 3 heteroatoms. The van der Waals surface area contributed by atoms with Crippen LogP contribution in [0.1, 0.15) is 0 Å². The Hall–Kier alpha value is -7.62. The quantitative estimate of drug-likeness (QED) is 0.178. The highest BCUT2D eigenvalue weighted by molar-refractivity contribution is 6.25. The summed E-state index contributed by atoms with van der Waals surface area (Å²) in [7, 11) is 0. The highest BCUT2D eigenvalue weighted by Crippen LogP contribution is 2.51. The van der Waals surface area contributed by atoms with Gasteiger partial charge in [-0.25, -0.2) is 0 Å². The maximum absolute atomic E-state index is 6.91. The predicted molar refractivity (Wildman–Crippen MR) is 239 cm³/mol. The highest BCUT2D eigenvalue weighted by Gasteiger charge is 2.25. The summed E-state index contributed by atoms with van der Waals surface area (Å²) in [5.74, 6) is 1.76. The Balaban J connectivity index is 1.01. The van der Waals surface area contributed by atoms with Crippen molar-refractivity contribution in [1.82, 2.24) is 9.13 Å². The molecule has 0 radical (unpaired) electrons. The molecule has 0 fully saturated rings. The molecule has 264 valence electrons. The number of para-hydroxylation sites is 2. The fraction of sp³-hybridized carbons (Fsp3) is 0. The van der Waals surface area contributed by atoms with Crippen LogP contribution < -0.4 is 4.74 Å². The molecular weight excluding hydrogens is 693 g/mol. The van der Waals surface area contributed by atoms with Crippen LogP contribution in [0.2, 0.25) is 0 Å². The normalized spacial score (nSPS) is 12.4. The van der Waals surface area contributed by atoms with E-state index in [0.29, 0.717) is 0 Å². The largest absolute Gasteiger partial charge is 0.456 e. The first-order valence-corrected chi connectivity index (χ1v) is 19.6. The van der Waals surface area contributed by atoms with Gasteiger partial charge in [-0.2, -0.15) is 0 Å². The zero-order valence-corrected chi connectivity index (χ0v) is 30.8. The van der Waals surface area contributed by atoms with Gasteiger partial charge in [-0.05, 0) is 104 Å². The Labute approximate surface area is 327 Å². The minimum Gasteiger partial charge on any atom is -0.456 e. The van der Waals surface area contributed by atoms with Crippen LogP contribution in [-0.2, 0) is 0 Å². The second kappa shape index (κ2) is 11.5. The van der Waals surface area contributed by atoms with Crippen LogP contribution in [0.25, 0.3) is 110 Å². The Kier molecular flexibility index (Phi) is 6.16. The summed E-state index contributed by atoms with van der Waals surface area (Å²) < 4.78 is 11.7. The zero-order chi connectivity index (χ0) is 37.2. The highest BCUT2D eigenvalue weighted by atomic mass is 16.5. The van der Waals surface area contributed by atoms with Gasteiger partial charge in [0, 0.05) is 49.9 Å². The molecule has 0 unspecified atom stereocenters. The minimum atomic E-state index is 0.873. The van der Waals surface area contributed by atoms with Crippen molar-refractivity contribution in [2.75, 3.05) is 0 Å². The maximum atomic E-state index is 6.91. The van der Waals surface area contributed by atoms with E-state index < -0.39 is 0 Å². The lowest BCUT2D eigenvalue weighted by atomic mass is 9.90. The minimum absolute atomic E-state index is 0.873. The molecule has 0 N–H and O–H groups in total. The molecule has 12 aromatic rings. The number of nitrogens with zero attached hydrogens (tertiary/aromatic N) is 2. The molecule has 3 nitrogen and oxygen atoms in total. The van der Waals surface area contributed by atoms with Crippen molar-refractivity contribution in [2.24, 2.45) is 0 Å². The topological polar surface area (TPSA) is 19.1 Å². The van der Waals surface area contributed by atoms with Gasteiger partial charge < -0.3 is 13.9 Å². The molecule has 0 spiro atoms. The van der Waals surface area contributed by atoms with E-state index in [0.717, 1.165) is 44.9 Å². The second-order valence-electron chi connectivity index (χ2n) is 15.3. The first kappa shape index (κ1) is 30.7. The smallest absolute Gasteiger partial charge is 0.138 e. The Morgan fingerprint density at radius 1 is 0.298 bits per heavy atom. The van der Waals surface area contributed by atoms with Crippen molar-refractivity contribution >= 4 is 75.9 Å². The second-order valence-corrected chi connectivity index (χ2v) is 15.3. The van der Waals surface area contributed by atoms with E-state index >= 15 is 0 Å². The third-order valence-electron chi connectivity index (χ3n) is 12.2. The standard InChI is InChI=1S/C54H32N2O/c1-2-15-39(16-3-1)55-48-31-38(22-25-41(48)45-28-35-13-6-7-14-36(35)30-49(45)55)37-23-26-51-46(29-37)42-18-10-19-44-53-43-17-8-9-20-47(43)56(50(53)32-52(57-51)54(42)44)40-24-21-33-11-4-5-12-34(33)27-40/h1-32H. The fourth-order valence-electron chi connectivity index (χ4n) is 9.67. The van der Waals surface area contributed by atoms with Gasteiger partial charge in [-0.3, -0.25) is 0 Å². The number of fused-ring (bicyclic) bond motifs is 11. The lowest BCUT2D eigenvalue weighted by Gasteiger charge is -2.23. The van der Waals surface area contributed by atoms with E-state index in [1.54, 1.807) is 0 Å². The first-order valence-electron chi connectivity index (χ1n) is 19.6. The van der Waals surface area contributed by atoms with Crippen LogP contribution in [0, 0.1) is 0 Å². The molecule has 1 aliphatic heterocycles. The molecule has 0 amide bonds. The number of aromatic nitrogens is 2. The average molecular weight is 725 g/mol. The summed E-state index contributed by atoms with van der Waals surface area (Å²) in [6, 6.07) is 70.7. The van der Waals surface area contributed by atoms with Crippen molar-refractivity contribution < 1.29 is 4.74 Å². The van der Waals surface area contributed by atoms with Crippen LogP contribution in [0.3, 0.4) is 0 Å². The summed E-state index contributed by atoms with van der Waals surface area (Å²) in [4.78, 5) is 0. The number of ether oxygens (including phenoxy) is 1. The zero-order valence-electron chi connectivity index (χ0n) is 30.8. The van der Waals surface area contributed by atoms with Gasteiger partial charge in [-0.1, -0.05) is 127 Å². The van der Waals surface area contributed by atoms with E-state index in [4.69, 9.17) is 4.74 Å². The third-order valence-corrected chi connectivity index (χ3v) is 12.2. The SMILES string of the molecule is c1ccc(-n2c3cc(-c4ccc5c(c4)-c4cccc6c4c(cc4c6c6ccccc6n4-c4ccc6ccccc6c4)O5)ccc3c3cc4ccccc4cc32)cc1. The molecule has 0 aliphatic carbocycles. The van der Waals surface area contributed by atoms with Crippen LogP contribution >= 0.6 is 0 Å². The lowest BCUT2D eigenvalue weighted by molar-refractivity contribution is 0.487. The van der Waals surface area contributed by atoms with Gasteiger partial charge in [-0.15, -0.1) is 0 Å². The van der Waals surface area contributed by atoms with Crippen LogP contribution in [-0.4, -0.2) is 9.13 Å². The number of benzene rings is 10. The third kappa shape index (κ3) is 4.37. The van der Waals surface area contributed by atoms with E-state index in [9.17, 15) is 0 Å². The Morgan fingerprint density at radius 2 is 0.982 bits per heavy atom. The van der Waals surface area contributed by atoms with Gasteiger partial charge in [0.25, 0.3) is 0 Å². The van der Waals surface area contributed by atoms with Crippen LogP contribution in [0.15, 0.2) is 194 Å². The van der Waals surface area contributed by atoms with Crippen LogP contribution in [0.5, 0.6) is 11.5 Å². The number of rotatable bonds is 3. The lowest BCUT2D eigenvalue weighted by Crippen LogP contribution is -1.99. The molecular formula is C54H32N2O. The summed E-state index contributed by atoms with van der Waals surface area (Å²) in [6.07, 6.45) is 0. The molecule has 3 heterocycles. The predicted octanol–water partition coefficient (Wildman–Crippen LogP) is 14.8. The van der Waals surface area contributed by atoms with Crippen molar-refractivity contribution in [3.63, 3.8) is 0 Å². The van der Waals surface area contributed by atoms with E-state index in [2.05, 4.69) is 203 Å².